The SMILES string of the molecule is C=C([C@H](CSCc1ccccc1)NC(=O)c1ccco1)N1CC[C@@H]2[C@H]1C(=O)CN2C(=O)c1ccccc1. The summed E-state index contributed by atoms with van der Waals surface area (Å²) in [4.78, 5) is 42.9. The molecule has 3 atom stereocenters. The minimum Gasteiger partial charge on any atom is -0.459 e. The van der Waals surface area contributed by atoms with E-state index < -0.39 is 12.1 Å². The number of ketones is 1. The van der Waals surface area contributed by atoms with E-state index >= 15 is 0 Å². The van der Waals surface area contributed by atoms with Crippen LogP contribution in [0.3, 0.4) is 0 Å². The lowest BCUT2D eigenvalue weighted by atomic mass is 10.1. The predicted molar refractivity (Wildman–Crippen MR) is 143 cm³/mol. The molecule has 0 aliphatic carbocycles. The summed E-state index contributed by atoms with van der Waals surface area (Å²) in [7, 11) is 0. The molecule has 2 aliphatic rings. The van der Waals surface area contributed by atoms with Gasteiger partial charge in [0.15, 0.2) is 11.5 Å². The van der Waals surface area contributed by atoms with Gasteiger partial charge in [-0.2, -0.15) is 11.8 Å². The van der Waals surface area contributed by atoms with Gasteiger partial charge in [0.2, 0.25) is 0 Å². The Bertz CT molecular complexity index is 1260. The molecular formula is C29H29N3O4S. The van der Waals surface area contributed by atoms with Crippen LogP contribution in [0.1, 0.15) is 32.9 Å². The highest BCUT2D eigenvalue weighted by Crippen LogP contribution is 2.34. The van der Waals surface area contributed by atoms with Crippen molar-refractivity contribution in [1.29, 1.82) is 0 Å². The molecule has 7 nitrogen and oxygen atoms in total. The molecule has 0 spiro atoms. The number of nitrogens with one attached hydrogen (secondary N) is 1. The molecule has 2 aromatic carbocycles. The lowest BCUT2D eigenvalue weighted by Gasteiger charge is -2.32. The quantitative estimate of drug-likeness (QED) is 0.464. The fourth-order valence-corrected chi connectivity index (χ4v) is 6.15. The molecule has 3 heterocycles. The van der Waals surface area contributed by atoms with Crippen LogP contribution in [-0.2, 0) is 10.5 Å². The average molecular weight is 516 g/mol. The third-order valence-corrected chi connectivity index (χ3v) is 8.03. The van der Waals surface area contributed by atoms with E-state index in [0.717, 1.165) is 5.75 Å². The minimum atomic E-state index is -0.456. The largest absolute Gasteiger partial charge is 0.459 e. The second-order valence-corrected chi connectivity index (χ2v) is 10.3. The van der Waals surface area contributed by atoms with Gasteiger partial charge < -0.3 is 19.5 Å². The summed E-state index contributed by atoms with van der Waals surface area (Å²) < 4.78 is 5.28. The molecule has 2 saturated heterocycles. The van der Waals surface area contributed by atoms with Crippen LogP contribution in [0, 0.1) is 0 Å². The van der Waals surface area contributed by atoms with E-state index in [9.17, 15) is 14.4 Å². The summed E-state index contributed by atoms with van der Waals surface area (Å²) in [6.07, 6.45) is 2.13. The topological polar surface area (TPSA) is 82.9 Å². The van der Waals surface area contributed by atoms with Gasteiger partial charge in [0.1, 0.15) is 6.04 Å². The van der Waals surface area contributed by atoms with Gasteiger partial charge in [-0.3, -0.25) is 14.4 Å². The number of hydrogen-bond donors (Lipinski definition) is 1. The first-order chi connectivity index (χ1) is 18.0. The number of rotatable bonds is 9. The normalized spacial score (nSPS) is 19.5. The molecule has 0 saturated carbocycles. The Morgan fingerprint density at radius 2 is 1.76 bits per heavy atom. The van der Waals surface area contributed by atoms with Gasteiger partial charge in [-0.05, 0) is 36.2 Å². The Morgan fingerprint density at radius 3 is 2.46 bits per heavy atom. The van der Waals surface area contributed by atoms with Crippen LogP contribution in [-0.4, -0.2) is 64.4 Å². The maximum Gasteiger partial charge on any atom is 0.287 e. The highest BCUT2D eigenvalue weighted by atomic mass is 32.2. The number of Topliss-reactive ketones (excluding diaryl/α,β-unsaturated/α-hetero) is 1. The van der Waals surface area contributed by atoms with E-state index in [1.807, 2.05) is 41.3 Å². The fourth-order valence-electron chi connectivity index (χ4n) is 5.09. The number of carbonyl (C=O) groups is 3. The molecule has 2 fully saturated rings. The molecule has 0 unspecified atom stereocenters. The van der Waals surface area contributed by atoms with Crippen molar-refractivity contribution in [2.45, 2.75) is 30.3 Å². The molecule has 0 radical (unpaired) electrons. The van der Waals surface area contributed by atoms with Crippen molar-refractivity contribution in [3.63, 3.8) is 0 Å². The van der Waals surface area contributed by atoms with Crippen LogP contribution in [0.25, 0.3) is 0 Å². The number of fused-ring (bicyclic) bond motifs is 1. The van der Waals surface area contributed by atoms with Crippen molar-refractivity contribution in [2.75, 3.05) is 18.8 Å². The zero-order valence-electron chi connectivity index (χ0n) is 20.4. The number of hydrogen-bond acceptors (Lipinski definition) is 6. The van der Waals surface area contributed by atoms with E-state index in [1.54, 1.807) is 40.9 Å². The number of likely N-dealkylation sites (tertiary alicyclic amines) is 2. The summed E-state index contributed by atoms with van der Waals surface area (Å²) in [5, 5.41) is 3.05. The standard InChI is InChI=1S/C29H29N3O4S/c1-20(23(30-28(34)26-13-8-16-36-26)19-37-18-21-9-4-2-5-10-21)31-15-14-24-27(31)25(33)17-32(24)29(35)22-11-6-3-7-12-22/h2-13,16,23-24,27H,1,14-15,17-19H2,(H,30,34)/t23-,24+,27-/m0/s1. The van der Waals surface area contributed by atoms with E-state index in [-0.39, 0.29) is 35.9 Å². The first-order valence-corrected chi connectivity index (χ1v) is 13.5. The van der Waals surface area contributed by atoms with Crippen LogP contribution in [0.2, 0.25) is 0 Å². The number of amides is 2. The van der Waals surface area contributed by atoms with E-state index in [0.29, 0.717) is 30.0 Å². The maximum absolute atomic E-state index is 13.2. The first kappa shape index (κ1) is 24.9. The molecule has 1 aromatic heterocycles. The number of furan rings is 1. The Labute approximate surface area is 220 Å². The molecule has 5 rings (SSSR count). The third-order valence-electron chi connectivity index (χ3n) is 6.92. The van der Waals surface area contributed by atoms with Gasteiger partial charge in [-0.1, -0.05) is 55.1 Å². The van der Waals surface area contributed by atoms with Crippen LogP contribution in [0.4, 0.5) is 0 Å². The lowest BCUT2D eigenvalue weighted by molar-refractivity contribution is -0.120. The molecule has 2 amide bonds. The number of nitrogens with zero attached hydrogens (tertiary/aromatic N) is 2. The Hall–Kier alpha value is -3.78. The van der Waals surface area contributed by atoms with Crippen molar-refractivity contribution in [2.24, 2.45) is 0 Å². The van der Waals surface area contributed by atoms with Crippen molar-refractivity contribution in [1.82, 2.24) is 15.1 Å². The van der Waals surface area contributed by atoms with Crippen molar-refractivity contribution in [3.05, 3.63) is 108 Å². The molecule has 1 N–H and O–H groups in total. The molecule has 0 bridgehead atoms. The number of benzene rings is 2. The summed E-state index contributed by atoms with van der Waals surface area (Å²) in [6.45, 7) is 5.01. The van der Waals surface area contributed by atoms with Crippen molar-refractivity contribution >= 4 is 29.4 Å². The smallest absolute Gasteiger partial charge is 0.287 e. The van der Waals surface area contributed by atoms with Crippen LogP contribution in [0.15, 0.2) is 95.8 Å². The van der Waals surface area contributed by atoms with Crippen molar-refractivity contribution in [3.8, 4) is 0 Å². The predicted octanol–water partition coefficient (Wildman–Crippen LogP) is 3.99. The van der Waals surface area contributed by atoms with Crippen LogP contribution < -0.4 is 5.32 Å². The Kier molecular flexibility index (Phi) is 7.46. The molecular weight excluding hydrogens is 486 g/mol. The van der Waals surface area contributed by atoms with Gasteiger partial charge in [-0.15, -0.1) is 0 Å². The third kappa shape index (κ3) is 5.34. The first-order valence-electron chi connectivity index (χ1n) is 12.3. The Morgan fingerprint density at radius 1 is 1.03 bits per heavy atom. The highest BCUT2D eigenvalue weighted by molar-refractivity contribution is 7.98. The van der Waals surface area contributed by atoms with E-state index in [4.69, 9.17) is 4.42 Å². The van der Waals surface area contributed by atoms with Crippen LogP contribution >= 0.6 is 11.8 Å². The molecule has 2 aliphatic heterocycles. The zero-order valence-corrected chi connectivity index (χ0v) is 21.2. The number of thioether (sulfide) groups is 1. The monoisotopic (exact) mass is 515 g/mol. The average Bonchev–Trinajstić information content (AvgIpc) is 3.68. The molecule has 190 valence electrons. The highest BCUT2D eigenvalue weighted by Gasteiger charge is 2.50. The summed E-state index contributed by atoms with van der Waals surface area (Å²) in [5.74, 6) is 1.13. The molecule has 8 heteroatoms. The molecule has 37 heavy (non-hydrogen) atoms. The van der Waals surface area contributed by atoms with Gasteiger partial charge in [0.25, 0.3) is 11.8 Å². The fraction of sp³-hybridized carbons (Fsp3) is 0.276. The lowest BCUT2D eigenvalue weighted by Crippen LogP contribution is -2.47. The summed E-state index contributed by atoms with van der Waals surface area (Å²) >= 11 is 1.69. The second-order valence-electron chi connectivity index (χ2n) is 9.26. The summed E-state index contributed by atoms with van der Waals surface area (Å²) in [5.41, 5.74) is 2.45. The van der Waals surface area contributed by atoms with Crippen molar-refractivity contribution < 1.29 is 18.8 Å². The van der Waals surface area contributed by atoms with Gasteiger partial charge >= 0.3 is 0 Å². The zero-order chi connectivity index (χ0) is 25.8. The van der Waals surface area contributed by atoms with Gasteiger partial charge in [0, 0.05) is 29.3 Å². The molecule has 3 aromatic rings. The van der Waals surface area contributed by atoms with Gasteiger partial charge in [0.05, 0.1) is 24.9 Å². The van der Waals surface area contributed by atoms with E-state index in [2.05, 4.69) is 24.0 Å². The second kappa shape index (κ2) is 11.1. The van der Waals surface area contributed by atoms with Gasteiger partial charge in [-0.25, -0.2) is 0 Å². The van der Waals surface area contributed by atoms with E-state index in [1.165, 1.54) is 11.8 Å². The minimum absolute atomic E-state index is 0.000908. The summed E-state index contributed by atoms with van der Waals surface area (Å²) in [6, 6.07) is 21.4. The number of carbonyl (C=O) groups excluding carboxylic acids is 3. The van der Waals surface area contributed by atoms with Crippen LogP contribution in [0.5, 0.6) is 0 Å². The maximum atomic E-state index is 13.2. The Balaban J connectivity index is 1.31.